The van der Waals surface area contributed by atoms with Crippen molar-refractivity contribution in [3.8, 4) is 0 Å². The third-order valence-corrected chi connectivity index (χ3v) is 2.23. The molecule has 0 spiro atoms. The lowest BCUT2D eigenvalue weighted by Crippen LogP contribution is -2.32. The standard InChI is InChI=1S/C9H8ClN3O6/c10-4-1-6(13(18)19)8(11-3-4)12-5(9(16)17)2-7(14)15/h1,3,5H,2H2,(H,11,12)(H,14,15)(H,16,17). The lowest BCUT2D eigenvalue weighted by molar-refractivity contribution is -0.384. The summed E-state index contributed by atoms with van der Waals surface area (Å²) in [4.78, 5) is 34.9. The number of aliphatic carboxylic acids is 2. The molecule has 1 aromatic heterocycles. The number of pyridine rings is 1. The number of carboxylic acid groups (broad SMARTS) is 2. The maximum atomic E-state index is 10.8. The summed E-state index contributed by atoms with van der Waals surface area (Å²) in [7, 11) is 0. The van der Waals surface area contributed by atoms with Gasteiger partial charge in [0.05, 0.1) is 16.4 Å². The molecule has 3 N–H and O–H groups in total. The molecule has 10 heteroatoms. The van der Waals surface area contributed by atoms with Gasteiger partial charge in [-0.2, -0.15) is 0 Å². The van der Waals surface area contributed by atoms with Crippen LogP contribution in [0.2, 0.25) is 5.02 Å². The molecule has 0 radical (unpaired) electrons. The molecule has 0 aliphatic rings. The topological polar surface area (TPSA) is 143 Å². The van der Waals surface area contributed by atoms with Gasteiger partial charge >= 0.3 is 17.6 Å². The zero-order chi connectivity index (χ0) is 14.6. The van der Waals surface area contributed by atoms with E-state index in [1.165, 1.54) is 0 Å². The van der Waals surface area contributed by atoms with Crippen molar-refractivity contribution in [3.05, 3.63) is 27.4 Å². The highest BCUT2D eigenvalue weighted by Crippen LogP contribution is 2.25. The average Bonchev–Trinajstić information content (AvgIpc) is 2.29. The second-order valence-electron chi connectivity index (χ2n) is 3.41. The minimum atomic E-state index is -1.54. The van der Waals surface area contributed by atoms with Crippen LogP contribution in [0.3, 0.4) is 0 Å². The summed E-state index contributed by atoms with van der Waals surface area (Å²) < 4.78 is 0. The van der Waals surface area contributed by atoms with Gasteiger partial charge in [-0.1, -0.05) is 11.6 Å². The number of nitro groups is 1. The first-order chi connectivity index (χ1) is 8.81. The van der Waals surface area contributed by atoms with Gasteiger partial charge in [0.25, 0.3) is 0 Å². The zero-order valence-electron chi connectivity index (χ0n) is 9.24. The molecule has 9 nitrogen and oxygen atoms in total. The van der Waals surface area contributed by atoms with E-state index in [0.717, 1.165) is 12.3 Å². The molecule has 0 saturated carbocycles. The largest absolute Gasteiger partial charge is 0.481 e. The zero-order valence-corrected chi connectivity index (χ0v) is 9.99. The van der Waals surface area contributed by atoms with E-state index in [1.54, 1.807) is 0 Å². The van der Waals surface area contributed by atoms with E-state index in [9.17, 15) is 19.7 Å². The lowest BCUT2D eigenvalue weighted by Gasteiger charge is -2.12. The number of nitrogens with one attached hydrogen (secondary N) is 1. The normalized spacial score (nSPS) is 11.6. The van der Waals surface area contributed by atoms with Crippen molar-refractivity contribution in [2.75, 3.05) is 5.32 Å². The van der Waals surface area contributed by atoms with E-state index < -0.39 is 35.0 Å². The number of aromatic nitrogens is 1. The Morgan fingerprint density at radius 2 is 2.16 bits per heavy atom. The van der Waals surface area contributed by atoms with Crippen LogP contribution in [0, 0.1) is 10.1 Å². The Balaban J connectivity index is 3.05. The molecule has 0 aliphatic carbocycles. The van der Waals surface area contributed by atoms with Gasteiger partial charge in [0.2, 0.25) is 5.82 Å². The molecule has 0 aromatic carbocycles. The molecule has 0 aliphatic heterocycles. The number of rotatable bonds is 6. The first kappa shape index (κ1) is 14.6. The first-order valence-electron chi connectivity index (χ1n) is 4.82. The number of carbonyl (C=O) groups is 2. The van der Waals surface area contributed by atoms with Gasteiger partial charge in [0.15, 0.2) is 0 Å². The molecule has 0 saturated heterocycles. The fourth-order valence-electron chi connectivity index (χ4n) is 1.22. The van der Waals surface area contributed by atoms with Gasteiger partial charge in [0.1, 0.15) is 6.04 Å². The molecule has 102 valence electrons. The van der Waals surface area contributed by atoms with Crippen LogP contribution in [-0.2, 0) is 9.59 Å². The van der Waals surface area contributed by atoms with Crippen molar-refractivity contribution in [1.29, 1.82) is 0 Å². The fraction of sp³-hybridized carbons (Fsp3) is 0.222. The van der Waals surface area contributed by atoms with Crippen molar-refractivity contribution < 1.29 is 24.7 Å². The highest BCUT2D eigenvalue weighted by molar-refractivity contribution is 6.30. The quantitative estimate of drug-likeness (QED) is 0.519. The second-order valence-corrected chi connectivity index (χ2v) is 3.85. The molecule has 1 heterocycles. The Labute approximate surface area is 111 Å². The lowest BCUT2D eigenvalue weighted by atomic mass is 10.2. The first-order valence-corrected chi connectivity index (χ1v) is 5.20. The number of hydrogen-bond donors (Lipinski definition) is 3. The van der Waals surface area contributed by atoms with Crippen LogP contribution in [0.4, 0.5) is 11.5 Å². The predicted octanol–water partition coefficient (Wildman–Crippen LogP) is 0.983. The van der Waals surface area contributed by atoms with Crippen LogP contribution in [0.5, 0.6) is 0 Å². The van der Waals surface area contributed by atoms with Crippen molar-refractivity contribution in [1.82, 2.24) is 4.98 Å². The molecule has 1 atom stereocenters. The number of hydrogen-bond acceptors (Lipinski definition) is 6. The molecule has 19 heavy (non-hydrogen) atoms. The highest BCUT2D eigenvalue weighted by atomic mass is 35.5. The van der Waals surface area contributed by atoms with E-state index >= 15 is 0 Å². The summed E-state index contributed by atoms with van der Waals surface area (Å²) in [5, 5.41) is 30.3. The Morgan fingerprint density at radius 3 is 2.63 bits per heavy atom. The van der Waals surface area contributed by atoms with Gasteiger partial charge in [-0.25, -0.2) is 9.78 Å². The summed E-state index contributed by atoms with van der Waals surface area (Å²) >= 11 is 5.54. The Bertz CT molecular complexity index is 535. The van der Waals surface area contributed by atoms with E-state index in [4.69, 9.17) is 21.8 Å². The van der Waals surface area contributed by atoms with Crippen LogP contribution in [0.15, 0.2) is 12.3 Å². The number of halogens is 1. The third kappa shape index (κ3) is 4.07. The average molecular weight is 290 g/mol. The Morgan fingerprint density at radius 1 is 1.53 bits per heavy atom. The SMILES string of the molecule is O=C(O)CC(Nc1ncc(Cl)cc1[N+](=O)[O-])C(=O)O. The van der Waals surface area contributed by atoms with Crippen LogP contribution in [-0.4, -0.2) is 38.1 Å². The van der Waals surface area contributed by atoms with Gasteiger partial charge in [-0.15, -0.1) is 0 Å². The molecule has 1 unspecified atom stereocenters. The minimum Gasteiger partial charge on any atom is -0.481 e. The Kier molecular flexibility index (Phi) is 4.59. The minimum absolute atomic E-state index is 0.00218. The van der Waals surface area contributed by atoms with Crippen molar-refractivity contribution in [2.45, 2.75) is 12.5 Å². The molecule has 0 bridgehead atoms. The van der Waals surface area contributed by atoms with Gasteiger partial charge in [-0.3, -0.25) is 14.9 Å². The summed E-state index contributed by atoms with van der Waals surface area (Å²) in [6.07, 6.45) is 0.327. The molecular formula is C9H8ClN3O6. The third-order valence-electron chi connectivity index (χ3n) is 2.02. The molecule has 0 amide bonds. The molecule has 0 fully saturated rings. The molecule has 1 aromatic rings. The summed E-state index contributed by atoms with van der Waals surface area (Å²) in [6.45, 7) is 0. The van der Waals surface area contributed by atoms with Gasteiger partial charge in [-0.05, 0) is 0 Å². The predicted molar refractivity (Wildman–Crippen MR) is 63.2 cm³/mol. The fourth-order valence-corrected chi connectivity index (χ4v) is 1.37. The van der Waals surface area contributed by atoms with E-state index in [2.05, 4.69) is 10.3 Å². The van der Waals surface area contributed by atoms with Crippen LogP contribution < -0.4 is 5.32 Å². The maximum absolute atomic E-state index is 10.8. The van der Waals surface area contributed by atoms with Crippen molar-refractivity contribution >= 4 is 35.0 Å². The number of carboxylic acids is 2. The summed E-state index contributed by atoms with van der Waals surface area (Å²) in [5.74, 6) is -3.19. The van der Waals surface area contributed by atoms with E-state index in [0.29, 0.717) is 0 Å². The van der Waals surface area contributed by atoms with E-state index in [-0.39, 0.29) is 10.8 Å². The molecule has 1 rings (SSSR count). The smallest absolute Gasteiger partial charge is 0.326 e. The number of anilines is 1. The maximum Gasteiger partial charge on any atom is 0.326 e. The van der Waals surface area contributed by atoms with Crippen molar-refractivity contribution in [2.24, 2.45) is 0 Å². The van der Waals surface area contributed by atoms with E-state index in [1.807, 2.05) is 0 Å². The Hall–Kier alpha value is -2.42. The van der Waals surface area contributed by atoms with Crippen LogP contribution in [0.1, 0.15) is 6.42 Å². The molecular weight excluding hydrogens is 282 g/mol. The van der Waals surface area contributed by atoms with Crippen LogP contribution in [0.25, 0.3) is 0 Å². The van der Waals surface area contributed by atoms with Crippen LogP contribution >= 0.6 is 11.6 Å². The van der Waals surface area contributed by atoms with Crippen molar-refractivity contribution in [3.63, 3.8) is 0 Å². The number of nitrogens with zero attached hydrogens (tertiary/aromatic N) is 2. The van der Waals surface area contributed by atoms with Gasteiger partial charge < -0.3 is 15.5 Å². The second kappa shape index (κ2) is 5.96. The summed E-state index contributed by atoms with van der Waals surface area (Å²) in [5.41, 5.74) is -0.538. The van der Waals surface area contributed by atoms with Gasteiger partial charge in [0, 0.05) is 12.3 Å². The monoisotopic (exact) mass is 289 g/mol. The summed E-state index contributed by atoms with van der Waals surface area (Å²) in [6, 6.07) is -0.554. The highest BCUT2D eigenvalue weighted by Gasteiger charge is 2.25.